The zero-order valence-electron chi connectivity index (χ0n) is 9.99. The first-order valence-corrected chi connectivity index (χ1v) is 7.43. The number of hydrogen-bond donors (Lipinski definition) is 1. The standard InChI is InChI=1S/C12H13FN2O3S/c13-8-1-3-10(4-2-8)19(17,18)15-9-5-7(6-9)11(15)12(14)16/h1-4,7,9,11H,5-6H2,(H2,14,16)/t7?,9?,11-/m0/s1. The summed E-state index contributed by atoms with van der Waals surface area (Å²) in [6.45, 7) is 0. The van der Waals surface area contributed by atoms with E-state index in [-0.39, 0.29) is 16.9 Å². The van der Waals surface area contributed by atoms with Crippen LogP contribution in [0, 0.1) is 11.7 Å². The Balaban J connectivity index is 2.01. The molecule has 1 amide bonds. The van der Waals surface area contributed by atoms with Gasteiger partial charge in [0.05, 0.1) is 4.90 Å². The molecule has 2 bridgehead atoms. The molecule has 2 saturated heterocycles. The molecule has 1 atom stereocenters. The van der Waals surface area contributed by atoms with Crippen molar-refractivity contribution < 1.29 is 17.6 Å². The summed E-state index contributed by atoms with van der Waals surface area (Å²) in [5.74, 6) is -1.09. The summed E-state index contributed by atoms with van der Waals surface area (Å²) in [6, 6.07) is 3.67. The van der Waals surface area contributed by atoms with Gasteiger partial charge in [-0.1, -0.05) is 0 Å². The third-order valence-electron chi connectivity index (χ3n) is 3.91. The number of fused-ring (bicyclic) bond motifs is 1. The Labute approximate surface area is 110 Å². The molecule has 3 aliphatic rings. The summed E-state index contributed by atoms with van der Waals surface area (Å²) in [6.07, 6.45) is 1.35. The van der Waals surface area contributed by atoms with Crippen LogP contribution in [0.15, 0.2) is 29.2 Å². The molecule has 0 aromatic heterocycles. The number of hydrogen-bond acceptors (Lipinski definition) is 3. The first-order valence-electron chi connectivity index (χ1n) is 5.99. The smallest absolute Gasteiger partial charge is 0.244 e. The molecule has 2 aliphatic heterocycles. The average molecular weight is 284 g/mol. The number of carbonyl (C=O) groups excluding carboxylic acids is 1. The van der Waals surface area contributed by atoms with Crippen molar-refractivity contribution in [3.8, 4) is 0 Å². The Kier molecular flexibility index (Phi) is 2.65. The van der Waals surface area contributed by atoms with E-state index < -0.39 is 27.8 Å². The lowest BCUT2D eigenvalue weighted by atomic mass is 9.83. The summed E-state index contributed by atoms with van der Waals surface area (Å²) < 4.78 is 39.0. The summed E-state index contributed by atoms with van der Waals surface area (Å²) in [7, 11) is -3.79. The predicted molar refractivity (Wildman–Crippen MR) is 64.9 cm³/mol. The topological polar surface area (TPSA) is 80.5 Å². The third-order valence-corrected chi connectivity index (χ3v) is 5.86. The molecular formula is C12H13FN2O3S. The second-order valence-electron chi connectivity index (χ2n) is 5.02. The summed E-state index contributed by atoms with van der Waals surface area (Å²) in [5, 5.41) is 0. The number of benzene rings is 1. The van der Waals surface area contributed by atoms with Crippen LogP contribution in [0.4, 0.5) is 4.39 Å². The van der Waals surface area contributed by atoms with Crippen molar-refractivity contribution in [2.45, 2.75) is 29.8 Å². The first kappa shape index (κ1) is 12.6. The molecule has 1 aromatic carbocycles. The van der Waals surface area contributed by atoms with Crippen LogP contribution in [0.5, 0.6) is 0 Å². The summed E-state index contributed by atoms with van der Waals surface area (Å²) in [5.41, 5.74) is 5.30. The molecule has 7 heteroatoms. The van der Waals surface area contributed by atoms with Crippen LogP contribution in [-0.2, 0) is 14.8 Å². The number of primary amides is 1. The van der Waals surface area contributed by atoms with Gasteiger partial charge in [0.15, 0.2) is 0 Å². The summed E-state index contributed by atoms with van der Waals surface area (Å²) in [4.78, 5) is 11.4. The van der Waals surface area contributed by atoms with Crippen LogP contribution in [-0.4, -0.2) is 30.7 Å². The number of carbonyl (C=O) groups is 1. The molecule has 2 heterocycles. The van der Waals surface area contributed by atoms with E-state index in [1.54, 1.807) is 0 Å². The number of amides is 1. The van der Waals surface area contributed by atoms with Crippen LogP contribution in [0.1, 0.15) is 12.8 Å². The predicted octanol–water partition coefficient (Wildman–Crippen LogP) is 0.463. The maximum absolute atomic E-state index is 12.9. The second-order valence-corrected chi connectivity index (χ2v) is 6.86. The van der Waals surface area contributed by atoms with Crippen molar-refractivity contribution in [1.29, 1.82) is 0 Å². The van der Waals surface area contributed by atoms with E-state index in [4.69, 9.17) is 5.73 Å². The SMILES string of the molecule is NC(=O)[C@@H]1C2CC(C2)N1S(=O)(=O)c1ccc(F)cc1. The van der Waals surface area contributed by atoms with Gasteiger partial charge in [0, 0.05) is 6.04 Å². The van der Waals surface area contributed by atoms with Crippen molar-refractivity contribution in [3.63, 3.8) is 0 Å². The first-order chi connectivity index (χ1) is 8.91. The minimum Gasteiger partial charge on any atom is -0.368 e. The molecule has 0 radical (unpaired) electrons. The number of rotatable bonds is 3. The zero-order chi connectivity index (χ0) is 13.8. The van der Waals surface area contributed by atoms with Crippen molar-refractivity contribution in [2.24, 2.45) is 11.7 Å². The fraction of sp³-hybridized carbons (Fsp3) is 0.417. The fourth-order valence-electron chi connectivity index (χ4n) is 2.96. The Bertz CT molecular complexity index is 623. The van der Waals surface area contributed by atoms with Gasteiger partial charge >= 0.3 is 0 Å². The molecule has 0 unspecified atom stereocenters. The zero-order valence-corrected chi connectivity index (χ0v) is 10.8. The van der Waals surface area contributed by atoms with Gasteiger partial charge in [-0.3, -0.25) is 4.79 Å². The number of nitrogens with zero attached hydrogens (tertiary/aromatic N) is 1. The van der Waals surface area contributed by atoms with Crippen LogP contribution in [0.25, 0.3) is 0 Å². The maximum Gasteiger partial charge on any atom is 0.244 e. The summed E-state index contributed by atoms with van der Waals surface area (Å²) >= 11 is 0. The van der Waals surface area contributed by atoms with E-state index in [1.165, 1.54) is 16.4 Å². The van der Waals surface area contributed by atoms with Gasteiger partial charge < -0.3 is 5.73 Å². The maximum atomic E-state index is 12.9. The van der Waals surface area contributed by atoms with E-state index in [0.29, 0.717) is 12.8 Å². The van der Waals surface area contributed by atoms with Crippen LogP contribution >= 0.6 is 0 Å². The Morgan fingerprint density at radius 3 is 2.37 bits per heavy atom. The van der Waals surface area contributed by atoms with Gasteiger partial charge in [0.2, 0.25) is 15.9 Å². The van der Waals surface area contributed by atoms with Crippen LogP contribution in [0.3, 0.4) is 0 Å². The molecule has 2 N–H and O–H groups in total. The Morgan fingerprint density at radius 1 is 1.26 bits per heavy atom. The van der Waals surface area contributed by atoms with E-state index in [1.807, 2.05) is 0 Å². The molecule has 5 nitrogen and oxygen atoms in total. The van der Waals surface area contributed by atoms with Crippen molar-refractivity contribution >= 4 is 15.9 Å². The largest absolute Gasteiger partial charge is 0.368 e. The molecule has 1 saturated carbocycles. The van der Waals surface area contributed by atoms with E-state index in [9.17, 15) is 17.6 Å². The number of nitrogens with two attached hydrogens (primary N) is 1. The Morgan fingerprint density at radius 2 is 1.84 bits per heavy atom. The van der Waals surface area contributed by atoms with Crippen LogP contribution in [0.2, 0.25) is 0 Å². The normalized spacial score (nSPS) is 30.1. The van der Waals surface area contributed by atoms with Gasteiger partial charge in [0.1, 0.15) is 11.9 Å². The monoisotopic (exact) mass is 284 g/mol. The highest BCUT2D eigenvalue weighted by Gasteiger charge is 2.57. The second kappa shape index (κ2) is 4.01. The van der Waals surface area contributed by atoms with Gasteiger partial charge in [-0.25, -0.2) is 12.8 Å². The lowest BCUT2D eigenvalue weighted by molar-refractivity contribution is -0.121. The van der Waals surface area contributed by atoms with Crippen molar-refractivity contribution in [1.82, 2.24) is 4.31 Å². The van der Waals surface area contributed by atoms with Gasteiger partial charge in [0.25, 0.3) is 0 Å². The molecule has 102 valence electrons. The van der Waals surface area contributed by atoms with Crippen molar-refractivity contribution in [2.75, 3.05) is 0 Å². The number of halogens is 1. The average Bonchev–Trinajstić information content (AvgIpc) is 2.84. The van der Waals surface area contributed by atoms with Crippen molar-refractivity contribution in [3.05, 3.63) is 30.1 Å². The molecule has 1 aromatic rings. The van der Waals surface area contributed by atoms with Gasteiger partial charge in [-0.15, -0.1) is 0 Å². The van der Waals surface area contributed by atoms with E-state index in [2.05, 4.69) is 0 Å². The third kappa shape index (κ3) is 1.76. The van der Waals surface area contributed by atoms with Gasteiger partial charge in [-0.05, 0) is 43.0 Å². The molecule has 19 heavy (non-hydrogen) atoms. The quantitative estimate of drug-likeness (QED) is 0.875. The highest BCUT2D eigenvalue weighted by molar-refractivity contribution is 7.89. The van der Waals surface area contributed by atoms with Crippen LogP contribution < -0.4 is 5.73 Å². The minimum atomic E-state index is -3.79. The van der Waals surface area contributed by atoms with Gasteiger partial charge in [-0.2, -0.15) is 4.31 Å². The Hall–Kier alpha value is -1.47. The van der Waals surface area contributed by atoms with E-state index >= 15 is 0 Å². The molecule has 0 spiro atoms. The molecular weight excluding hydrogens is 271 g/mol. The molecule has 3 fully saturated rings. The lowest BCUT2D eigenvalue weighted by Gasteiger charge is -2.25. The lowest BCUT2D eigenvalue weighted by Crippen LogP contribution is -2.44. The fourth-order valence-corrected chi connectivity index (χ4v) is 4.83. The highest BCUT2D eigenvalue weighted by atomic mass is 32.2. The molecule has 1 aliphatic carbocycles. The minimum absolute atomic E-state index is 0.00676. The van der Waals surface area contributed by atoms with E-state index in [0.717, 1.165) is 12.1 Å². The molecule has 4 rings (SSSR count). The highest BCUT2D eigenvalue weighted by Crippen LogP contribution is 2.48. The number of sulfonamides is 1.